The molecule has 1 aliphatic rings. The van der Waals surface area contributed by atoms with E-state index in [9.17, 15) is 14.0 Å². The van der Waals surface area contributed by atoms with Crippen LogP contribution in [0.1, 0.15) is 13.8 Å². The van der Waals surface area contributed by atoms with E-state index < -0.39 is 11.9 Å². The summed E-state index contributed by atoms with van der Waals surface area (Å²) in [7, 11) is 0. The Labute approximate surface area is 103 Å². The number of anilines is 2. The highest BCUT2D eigenvalue weighted by atomic mass is 19.1. The second kappa shape index (κ2) is 4.29. The average Bonchev–Trinajstić information content (AvgIpc) is 2.27. The van der Waals surface area contributed by atoms with Gasteiger partial charge in [-0.05, 0) is 25.1 Å². The lowest BCUT2D eigenvalue weighted by atomic mass is 10.1. The van der Waals surface area contributed by atoms with Gasteiger partial charge in [0.1, 0.15) is 5.82 Å². The molecular formula is C12H13FN2O3. The Balaban J connectivity index is 2.59. The molecule has 1 aliphatic heterocycles. The lowest BCUT2D eigenvalue weighted by molar-refractivity contribution is -0.117. The zero-order valence-electron chi connectivity index (χ0n) is 10.1. The Kier molecular flexibility index (Phi) is 2.94. The first kappa shape index (κ1) is 12.3. The average molecular weight is 252 g/mol. The number of halogens is 1. The van der Waals surface area contributed by atoms with Crippen molar-refractivity contribution in [3.05, 3.63) is 24.0 Å². The van der Waals surface area contributed by atoms with Crippen LogP contribution in [0.5, 0.6) is 0 Å². The van der Waals surface area contributed by atoms with Gasteiger partial charge in [0.2, 0.25) is 5.91 Å². The first-order valence-electron chi connectivity index (χ1n) is 5.51. The molecule has 0 bridgehead atoms. The molecule has 0 unspecified atom stereocenters. The summed E-state index contributed by atoms with van der Waals surface area (Å²) in [4.78, 5) is 25.3. The van der Waals surface area contributed by atoms with Gasteiger partial charge in [0.15, 0.2) is 0 Å². The molecule has 1 N–H and O–H groups in total. The van der Waals surface area contributed by atoms with Gasteiger partial charge < -0.3 is 10.0 Å². The van der Waals surface area contributed by atoms with E-state index in [1.165, 1.54) is 24.0 Å². The molecule has 0 fully saturated rings. The number of carbonyl (C=O) groups is 2. The van der Waals surface area contributed by atoms with Crippen molar-refractivity contribution in [3.8, 4) is 0 Å². The third-order valence-corrected chi connectivity index (χ3v) is 2.95. The van der Waals surface area contributed by atoms with Gasteiger partial charge in [-0.15, -0.1) is 0 Å². The minimum absolute atomic E-state index is 0.130. The van der Waals surface area contributed by atoms with Gasteiger partial charge in [-0.1, -0.05) is 0 Å². The van der Waals surface area contributed by atoms with E-state index in [-0.39, 0.29) is 24.2 Å². The molecule has 1 aromatic rings. The minimum atomic E-state index is -1.16. The van der Waals surface area contributed by atoms with Gasteiger partial charge in [0.05, 0.1) is 17.4 Å². The summed E-state index contributed by atoms with van der Waals surface area (Å²) >= 11 is 0. The third kappa shape index (κ3) is 1.90. The van der Waals surface area contributed by atoms with Gasteiger partial charge in [-0.25, -0.2) is 9.18 Å². The monoisotopic (exact) mass is 252 g/mol. The molecule has 2 rings (SSSR count). The van der Waals surface area contributed by atoms with Crippen LogP contribution < -0.4 is 9.80 Å². The van der Waals surface area contributed by atoms with Crippen molar-refractivity contribution in [1.82, 2.24) is 0 Å². The van der Waals surface area contributed by atoms with E-state index in [2.05, 4.69) is 0 Å². The molecule has 6 heteroatoms. The predicted octanol–water partition coefficient (Wildman–Crippen LogP) is 2.07. The smallest absolute Gasteiger partial charge is 0.411 e. The summed E-state index contributed by atoms with van der Waals surface area (Å²) in [5.74, 6) is -0.724. The normalized spacial score (nSPS) is 18.5. The lowest BCUT2D eigenvalue weighted by Gasteiger charge is -2.39. The number of amides is 2. The van der Waals surface area contributed by atoms with E-state index in [1.54, 1.807) is 6.92 Å². The maximum absolute atomic E-state index is 13.2. The van der Waals surface area contributed by atoms with Crippen molar-refractivity contribution in [2.45, 2.75) is 19.9 Å². The number of hydrogen-bond donors (Lipinski definition) is 1. The van der Waals surface area contributed by atoms with Crippen LogP contribution in [0.2, 0.25) is 0 Å². The van der Waals surface area contributed by atoms with E-state index in [0.717, 1.165) is 11.0 Å². The van der Waals surface area contributed by atoms with Crippen LogP contribution in [0.4, 0.5) is 20.6 Å². The maximum Gasteiger partial charge on any atom is 0.411 e. The molecule has 0 radical (unpaired) electrons. The number of fused-ring (bicyclic) bond motifs is 1. The van der Waals surface area contributed by atoms with E-state index >= 15 is 0 Å². The lowest BCUT2D eigenvalue weighted by Crippen LogP contribution is -2.51. The summed E-state index contributed by atoms with van der Waals surface area (Å²) in [6.45, 7) is 3.29. The highest BCUT2D eigenvalue weighted by molar-refractivity contribution is 6.01. The Morgan fingerprint density at radius 3 is 2.61 bits per heavy atom. The molecular weight excluding hydrogens is 239 g/mol. The summed E-state index contributed by atoms with van der Waals surface area (Å²) < 4.78 is 13.2. The molecule has 0 saturated heterocycles. The van der Waals surface area contributed by atoms with E-state index in [4.69, 9.17) is 5.11 Å². The van der Waals surface area contributed by atoms with Crippen LogP contribution in [-0.4, -0.2) is 29.7 Å². The van der Waals surface area contributed by atoms with Gasteiger partial charge in [0.25, 0.3) is 0 Å². The second-order valence-corrected chi connectivity index (χ2v) is 4.26. The van der Waals surface area contributed by atoms with Crippen molar-refractivity contribution in [2.24, 2.45) is 0 Å². The first-order valence-corrected chi connectivity index (χ1v) is 5.51. The topological polar surface area (TPSA) is 60.9 Å². The fourth-order valence-electron chi connectivity index (χ4n) is 2.26. The number of nitrogens with zero attached hydrogens (tertiary/aromatic N) is 2. The van der Waals surface area contributed by atoms with Gasteiger partial charge in [0, 0.05) is 13.5 Å². The van der Waals surface area contributed by atoms with Crippen LogP contribution in [0.25, 0.3) is 0 Å². The van der Waals surface area contributed by atoms with Crippen LogP contribution in [0, 0.1) is 5.82 Å². The second-order valence-electron chi connectivity index (χ2n) is 4.26. The maximum atomic E-state index is 13.2. The largest absolute Gasteiger partial charge is 0.465 e. The SMILES string of the molecule is CC(=O)N1c2ccc(F)cc2N(C(=O)O)C[C@@H]1C. The van der Waals surface area contributed by atoms with Crippen molar-refractivity contribution in [3.63, 3.8) is 0 Å². The predicted molar refractivity (Wildman–Crippen MR) is 64.4 cm³/mol. The van der Waals surface area contributed by atoms with Crippen molar-refractivity contribution in [1.29, 1.82) is 0 Å². The zero-order chi connectivity index (χ0) is 13.4. The summed E-state index contributed by atoms with van der Waals surface area (Å²) in [5, 5.41) is 9.12. The van der Waals surface area contributed by atoms with Crippen LogP contribution in [0.3, 0.4) is 0 Å². The molecule has 0 spiro atoms. The number of carbonyl (C=O) groups excluding carboxylic acids is 1. The molecule has 5 nitrogen and oxygen atoms in total. The number of benzene rings is 1. The molecule has 1 atom stereocenters. The van der Waals surface area contributed by atoms with Crippen LogP contribution in [-0.2, 0) is 4.79 Å². The fourth-order valence-corrected chi connectivity index (χ4v) is 2.26. The van der Waals surface area contributed by atoms with Gasteiger partial charge in [-0.2, -0.15) is 0 Å². The first-order chi connectivity index (χ1) is 8.41. The molecule has 0 aliphatic carbocycles. The number of rotatable bonds is 0. The highest BCUT2D eigenvalue weighted by Crippen LogP contribution is 2.36. The van der Waals surface area contributed by atoms with Gasteiger partial charge in [-0.3, -0.25) is 9.69 Å². The van der Waals surface area contributed by atoms with Crippen molar-refractivity contribution < 1.29 is 19.1 Å². The molecule has 0 aromatic heterocycles. The van der Waals surface area contributed by atoms with Crippen LogP contribution in [0.15, 0.2) is 18.2 Å². The molecule has 1 aromatic carbocycles. The fraction of sp³-hybridized carbons (Fsp3) is 0.333. The Hall–Kier alpha value is -2.11. The Bertz CT molecular complexity index is 518. The van der Waals surface area contributed by atoms with E-state index in [1.807, 2.05) is 0 Å². The van der Waals surface area contributed by atoms with Crippen molar-refractivity contribution in [2.75, 3.05) is 16.3 Å². The minimum Gasteiger partial charge on any atom is -0.465 e. The third-order valence-electron chi connectivity index (χ3n) is 2.95. The van der Waals surface area contributed by atoms with Crippen LogP contribution >= 0.6 is 0 Å². The van der Waals surface area contributed by atoms with Crippen molar-refractivity contribution >= 4 is 23.4 Å². The zero-order valence-corrected chi connectivity index (χ0v) is 10.1. The number of carboxylic acid groups (broad SMARTS) is 1. The standard InChI is InChI=1S/C12H13FN2O3/c1-7-6-14(12(17)18)11-5-9(13)3-4-10(11)15(7)8(2)16/h3-5,7H,6H2,1-2H3,(H,17,18)/t7-/m0/s1. The Morgan fingerprint density at radius 2 is 2.06 bits per heavy atom. The number of hydrogen-bond acceptors (Lipinski definition) is 2. The molecule has 0 saturated carbocycles. The molecule has 18 heavy (non-hydrogen) atoms. The Morgan fingerprint density at radius 1 is 1.39 bits per heavy atom. The molecule has 2 amide bonds. The highest BCUT2D eigenvalue weighted by Gasteiger charge is 2.33. The summed E-state index contributed by atoms with van der Waals surface area (Å²) in [5.41, 5.74) is 0.626. The van der Waals surface area contributed by atoms with E-state index in [0.29, 0.717) is 5.69 Å². The quantitative estimate of drug-likeness (QED) is 0.768. The molecule has 96 valence electrons. The van der Waals surface area contributed by atoms with Gasteiger partial charge >= 0.3 is 6.09 Å². The summed E-state index contributed by atoms with van der Waals surface area (Å²) in [6.07, 6.45) is -1.16. The summed E-state index contributed by atoms with van der Waals surface area (Å²) in [6, 6.07) is 3.49. The molecule has 1 heterocycles.